The van der Waals surface area contributed by atoms with Crippen molar-refractivity contribution >= 4 is 11.9 Å². The maximum absolute atomic E-state index is 11.6. The van der Waals surface area contributed by atoms with Crippen LogP contribution >= 0.6 is 0 Å². The Bertz CT molecular complexity index is 484. The first-order chi connectivity index (χ1) is 15.6. The largest absolute Gasteiger partial charge is 0.481 e. The number of hydrogen-bond acceptors (Lipinski definition) is 3. The Balaban J connectivity index is 3.43. The molecule has 0 bridgehead atoms. The van der Waals surface area contributed by atoms with E-state index < -0.39 is 17.9 Å². The molecule has 0 spiro atoms. The average Bonchev–Trinajstić information content (AvgIpc) is 2.78. The van der Waals surface area contributed by atoms with E-state index in [9.17, 15) is 14.7 Å². The summed E-state index contributed by atoms with van der Waals surface area (Å²) in [5, 5.41) is 9.27. The predicted octanol–water partition coefficient (Wildman–Crippen LogP) is 8.40. The van der Waals surface area contributed by atoms with Crippen LogP contribution in [0.1, 0.15) is 129 Å². The minimum Gasteiger partial charge on any atom is -0.481 e. The van der Waals surface area contributed by atoms with E-state index in [1.54, 1.807) is 0 Å². The molecule has 0 amide bonds. The molecule has 1 N–H and O–H groups in total. The van der Waals surface area contributed by atoms with Crippen LogP contribution in [0.2, 0.25) is 0 Å². The van der Waals surface area contributed by atoms with E-state index in [4.69, 9.17) is 4.74 Å². The van der Waals surface area contributed by atoms with Crippen LogP contribution in [0.15, 0.2) is 24.8 Å². The highest BCUT2D eigenvalue weighted by Gasteiger charge is 2.21. The standard InChI is InChI=1S/C28H50O4/c1-3-5-6-7-8-9-10-11-12-13-14-15-16-17-18-19-20-21-22-23-26(28(30)31)25-27(29)32-24-4-2/h4,10-11,26H,2-3,5-9,12-25H2,1H3,(H,30,31)/b11-10+. The molecular weight excluding hydrogens is 400 g/mol. The van der Waals surface area contributed by atoms with Crippen LogP contribution in [0.4, 0.5) is 0 Å². The molecule has 0 saturated heterocycles. The topological polar surface area (TPSA) is 63.6 Å². The second kappa shape index (κ2) is 24.1. The summed E-state index contributed by atoms with van der Waals surface area (Å²) in [5.41, 5.74) is 0. The molecule has 1 unspecified atom stereocenters. The van der Waals surface area contributed by atoms with Crippen LogP contribution in [0.5, 0.6) is 0 Å². The smallest absolute Gasteiger partial charge is 0.307 e. The molecule has 1 atom stereocenters. The molecule has 0 rings (SSSR count). The van der Waals surface area contributed by atoms with E-state index in [-0.39, 0.29) is 13.0 Å². The maximum atomic E-state index is 11.6. The molecule has 0 heterocycles. The van der Waals surface area contributed by atoms with Gasteiger partial charge in [0.1, 0.15) is 6.61 Å². The fourth-order valence-corrected chi connectivity index (χ4v) is 3.89. The summed E-state index contributed by atoms with van der Waals surface area (Å²) in [6.45, 7) is 5.88. The van der Waals surface area contributed by atoms with E-state index in [0.29, 0.717) is 6.42 Å². The molecule has 4 heteroatoms. The third-order valence-electron chi connectivity index (χ3n) is 5.94. The van der Waals surface area contributed by atoms with Gasteiger partial charge in [-0.3, -0.25) is 9.59 Å². The lowest BCUT2D eigenvalue weighted by Crippen LogP contribution is -2.19. The molecule has 0 saturated carbocycles. The van der Waals surface area contributed by atoms with Crippen LogP contribution in [-0.4, -0.2) is 23.7 Å². The maximum Gasteiger partial charge on any atom is 0.307 e. The molecule has 0 fully saturated rings. The lowest BCUT2D eigenvalue weighted by atomic mass is 9.97. The van der Waals surface area contributed by atoms with E-state index in [2.05, 4.69) is 25.7 Å². The number of unbranched alkanes of at least 4 members (excludes halogenated alkanes) is 15. The Morgan fingerprint density at radius 3 is 1.72 bits per heavy atom. The number of allylic oxidation sites excluding steroid dienone is 2. The molecule has 0 aromatic heterocycles. The van der Waals surface area contributed by atoms with Gasteiger partial charge in [-0.1, -0.05) is 115 Å². The number of esters is 1. The fraction of sp³-hybridized carbons (Fsp3) is 0.786. The zero-order chi connectivity index (χ0) is 23.7. The summed E-state index contributed by atoms with van der Waals surface area (Å²) in [7, 11) is 0. The van der Waals surface area contributed by atoms with Crippen LogP contribution in [-0.2, 0) is 14.3 Å². The minimum absolute atomic E-state index is 0.0436. The monoisotopic (exact) mass is 450 g/mol. The van der Waals surface area contributed by atoms with Crippen LogP contribution in [0, 0.1) is 5.92 Å². The minimum atomic E-state index is -0.904. The quantitative estimate of drug-likeness (QED) is 0.0910. The Kier molecular flexibility index (Phi) is 22.9. The fourth-order valence-electron chi connectivity index (χ4n) is 3.89. The summed E-state index contributed by atoms with van der Waals surface area (Å²) >= 11 is 0. The van der Waals surface area contributed by atoms with E-state index >= 15 is 0 Å². The van der Waals surface area contributed by atoms with E-state index in [0.717, 1.165) is 19.3 Å². The summed E-state index contributed by atoms with van der Waals surface area (Å²) in [4.78, 5) is 22.9. The lowest BCUT2D eigenvalue weighted by molar-refractivity contribution is -0.151. The van der Waals surface area contributed by atoms with Gasteiger partial charge in [-0.25, -0.2) is 0 Å². The van der Waals surface area contributed by atoms with E-state index in [1.165, 1.54) is 96.0 Å². The Morgan fingerprint density at radius 1 is 0.781 bits per heavy atom. The summed E-state index contributed by atoms with van der Waals surface area (Å²) in [6, 6.07) is 0. The molecule has 186 valence electrons. The summed E-state index contributed by atoms with van der Waals surface area (Å²) in [5.74, 6) is -1.99. The molecular formula is C28H50O4. The van der Waals surface area contributed by atoms with Gasteiger partial charge in [0.05, 0.1) is 12.3 Å². The number of aliphatic carboxylic acids is 1. The van der Waals surface area contributed by atoms with Crippen molar-refractivity contribution in [1.82, 2.24) is 0 Å². The Labute approximate surface area is 197 Å². The highest BCUT2D eigenvalue weighted by atomic mass is 16.5. The highest BCUT2D eigenvalue weighted by Crippen LogP contribution is 2.17. The number of carbonyl (C=O) groups is 2. The van der Waals surface area contributed by atoms with Crippen molar-refractivity contribution in [3.8, 4) is 0 Å². The van der Waals surface area contributed by atoms with Crippen molar-refractivity contribution in [2.24, 2.45) is 5.92 Å². The molecule has 0 aromatic rings. The van der Waals surface area contributed by atoms with Gasteiger partial charge >= 0.3 is 11.9 Å². The number of rotatable bonds is 24. The molecule has 0 aliphatic carbocycles. The first-order valence-electron chi connectivity index (χ1n) is 13.3. The molecule has 0 aliphatic rings. The zero-order valence-corrected chi connectivity index (χ0v) is 20.8. The third-order valence-corrected chi connectivity index (χ3v) is 5.94. The molecule has 0 aliphatic heterocycles. The third kappa shape index (κ3) is 21.6. The number of carboxylic acids is 1. The molecule has 0 aromatic carbocycles. The number of carbonyl (C=O) groups excluding carboxylic acids is 1. The normalized spacial score (nSPS) is 12.2. The zero-order valence-electron chi connectivity index (χ0n) is 20.8. The SMILES string of the molecule is C=CCOC(=O)CC(CCCCCCCCCCCC/C=C/CCCCCCC)C(=O)O. The van der Waals surface area contributed by atoms with Crippen molar-refractivity contribution in [3.63, 3.8) is 0 Å². The second-order valence-electron chi connectivity index (χ2n) is 9.00. The molecule has 32 heavy (non-hydrogen) atoms. The number of carboxylic acid groups (broad SMARTS) is 1. The van der Waals surface area contributed by atoms with Crippen molar-refractivity contribution in [3.05, 3.63) is 24.8 Å². The van der Waals surface area contributed by atoms with Crippen molar-refractivity contribution in [2.75, 3.05) is 6.61 Å². The first kappa shape index (κ1) is 30.4. The lowest BCUT2D eigenvalue weighted by Gasteiger charge is -2.11. The van der Waals surface area contributed by atoms with Gasteiger partial charge < -0.3 is 9.84 Å². The van der Waals surface area contributed by atoms with Gasteiger partial charge in [-0.15, -0.1) is 0 Å². The van der Waals surface area contributed by atoms with Crippen LogP contribution in [0.3, 0.4) is 0 Å². The van der Waals surface area contributed by atoms with Gasteiger partial charge in [0, 0.05) is 0 Å². The molecule has 0 radical (unpaired) electrons. The van der Waals surface area contributed by atoms with E-state index in [1.807, 2.05) is 0 Å². The Morgan fingerprint density at radius 2 is 1.25 bits per heavy atom. The number of ether oxygens (including phenoxy) is 1. The van der Waals surface area contributed by atoms with Gasteiger partial charge in [-0.2, -0.15) is 0 Å². The van der Waals surface area contributed by atoms with Crippen molar-refractivity contribution < 1.29 is 19.4 Å². The Hall–Kier alpha value is -1.58. The van der Waals surface area contributed by atoms with Gasteiger partial charge in [0.15, 0.2) is 0 Å². The highest BCUT2D eigenvalue weighted by molar-refractivity contribution is 5.78. The van der Waals surface area contributed by atoms with Gasteiger partial charge in [0.25, 0.3) is 0 Å². The van der Waals surface area contributed by atoms with Crippen LogP contribution in [0.25, 0.3) is 0 Å². The van der Waals surface area contributed by atoms with Crippen molar-refractivity contribution in [1.29, 1.82) is 0 Å². The average molecular weight is 451 g/mol. The summed E-state index contributed by atoms with van der Waals surface area (Å²) in [6.07, 6.45) is 28.2. The van der Waals surface area contributed by atoms with Gasteiger partial charge in [-0.05, 0) is 32.1 Å². The second-order valence-corrected chi connectivity index (χ2v) is 9.00. The number of hydrogen-bond donors (Lipinski definition) is 1. The predicted molar refractivity (Wildman–Crippen MR) is 135 cm³/mol. The van der Waals surface area contributed by atoms with Crippen molar-refractivity contribution in [2.45, 2.75) is 129 Å². The van der Waals surface area contributed by atoms with Gasteiger partial charge in [0.2, 0.25) is 0 Å². The molecule has 4 nitrogen and oxygen atoms in total. The first-order valence-corrected chi connectivity index (χ1v) is 13.3. The van der Waals surface area contributed by atoms with Crippen LogP contribution < -0.4 is 0 Å². The summed E-state index contributed by atoms with van der Waals surface area (Å²) < 4.78 is 4.89.